The summed E-state index contributed by atoms with van der Waals surface area (Å²) in [6, 6.07) is 4.19. The Kier molecular flexibility index (Phi) is 4.65. The van der Waals surface area contributed by atoms with Crippen molar-refractivity contribution < 1.29 is 8.94 Å². The second-order valence-electron chi connectivity index (χ2n) is 6.60. The number of nitrogens with zero attached hydrogens (tertiary/aromatic N) is 5. The van der Waals surface area contributed by atoms with Crippen molar-refractivity contribution in [1.82, 2.24) is 24.6 Å². The highest BCUT2D eigenvalue weighted by atomic mass is 16.5. The molecule has 4 heterocycles. The summed E-state index contributed by atoms with van der Waals surface area (Å²) in [7, 11) is 2.05. The van der Waals surface area contributed by atoms with Crippen LogP contribution in [0.3, 0.4) is 0 Å². The highest BCUT2D eigenvalue weighted by molar-refractivity contribution is 5.44. The van der Waals surface area contributed by atoms with E-state index in [0.717, 1.165) is 25.2 Å². The van der Waals surface area contributed by atoms with Crippen molar-refractivity contribution in [2.24, 2.45) is 7.05 Å². The Morgan fingerprint density at radius 1 is 1.32 bits per heavy atom. The van der Waals surface area contributed by atoms with Crippen LogP contribution in [-0.2, 0) is 20.0 Å². The first-order valence-corrected chi connectivity index (χ1v) is 8.86. The molecule has 132 valence electrons. The van der Waals surface area contributed by atoms with Gasteiger partial charge in [-0.25, -0.2) is 4.98 Å². The Bertz CT molecular complexity index is 792. The molecule has 0 N–H and O–H groups in total. The van der Waals surface area contributed by atoms with Gasteiger partial charge in [0.2, 0.25) is 11.7 Å². The first-order chi connectivity index (χ1) is 12.3. The van der Waals surface area contributed by atoms with Crippen LogP contribution in [0.5, 0.6) is 0 Å². The lowest BCUT2D eigenvalue weighted by Gasteiger charge is -2.34. The Balaban J connectivity index is 1.40. The maximum atomic E-state index is 5.43. The number of aromatic nitrogens is 4. The van der Waals surface area contributed by atoms with E-state index in [-0.39, 0.29) is 0 Å². The average Bonchev–Trinajstić information content (AvgIpc) is 3.36. The standard InChI is InChI=1S/C18H23N5O2/c1-22-11-9-19-16(22)8-7-14-5-2-3-10-23(14)13-17-20-18(21-25-17)15-6-4-12-24-15/h4,6,9,11-12,14H,2-3,5,7-8,10,13H2,1H3/t14-/m0/s1. The van der Waals surface area contributed by atoms with Crippen molar-refractivity contribution in [2.75, 3.05) is 6.54 Å². The molecule has 0 radical (unpaired) electrons. The molecule has 7 heteroatoms. The number of likely N-dealkylation sites (tertiary alicyclic amines) is 1. The number of rotatable bonds is 6. The number of piperidine rings is 1. The Hall–Kier alpha value is -2.41. The van der Waals surface area contributed by atoms with Crippen LogP contribution >= 0.6 is 0 Å². The van der Waals surface area contributed by atoms with Crippen LogP contribution < -0.4 is 0 Å². The third kappa shape index (κ3) is 3.66. The van der Waals surface area contributed by atoms with Gasteiger partial charge in [0.1, 0.15) is 5.82 Å². The minimum atomic E-state index is 0.515. The molecule has 0 bridgehead atoms. The molecule has 0 unspecified atom stereocenters. The van der Waals surface area contributed by atoms with Crippen LogP contribution in [-0.4, -0.2) is 37.2 Å². The topological polar surface area (TPSA) is 73.1 Å². The molecule has 25 heavy (non-hydrogen) atoms. The van der Waals surface area contributed by atoms with Gasteiger partial charge in [-0.15, -0.1) is 0 Å². The van der Waals surface area contributed by atoms with E-state index < -0.39 is 0 Å². The summed E-state index contributed by atoms with van der Waals surface area (Å²) in [6.45, 7) is 1.77. The van der Waals surface area contributed by atoms with E-state index in [4.69, 9.17) is 8.94 Å². The molecule has 0 saturated carbocycles. The van der Waals surface area contributed by atoms with Gasteiger partial charge in [-0.3, -0.25) is 4.90 Å². The van der Waals surface area contributed by atoms with Crippen LogP contribution in [0.25, 0.3) is 11.6 Å². The summed E-state index contributed by atoms with van der Waals surface area (Å²) in [5.41, 5.74) is 0. The van der Waals surface area contributed by atoms with Gasteiger partial charge in [-0.1, -0.05) is 11.6 Å². The first kappa shape index (κ1) is 16.1. The van der Waals surface area contributed by atoms with Crippen molar-refractivity contribution in [1.29, 1.82) is 0 Å². The summed E-state index contributed by atoms with van der Waals surface area (Å²) in [5, 5.41) is 4.03. The van der Waals surface area contributed by atoms with Crippen LogP contribution in [0.2, 0.25) is 0 Å². The zero-order chi connectivity index (χ0) is 17.1. The van der Waals surface area contributed by atoms with Crippen molar-refractivity contribution in [3.05, 3.63) is 42.5 Å². The molecule has 3 aromatic rings. The van der Waals surface area contributed by atoms with Gasteiger partial charge in [-0.2, -0.15) is 4.98 Å². The summed E-state index contributed by atoms with van der Waals surface area (Å²) in [5.74, 6) is 2.94. The third-order valence-corrected chi connectivity index (χ3v) is 4.92. The molecule has 7 nitrogen and oxygen atoms in total. The molecule has 0 spiro atoms. The number of hydrogen-bond donors (Lipinski definition) is 0. The van der Waals surface area contributed by atoms with Crippen molar-refractivity contribution >= 4 is 0 Å². The fraction of sp³-hybridized carbons (Fsp3) is 0.500. The maximum absolute atomic E-state index is 5.43. The van der Waals surface area contributed by atoms with Gasteiger partial charge in [0, 0.05) is 31.9 Å². The summed E-state index contributed by atoms with van der Waals surface area (Å²) < 4.78 is 12.9. The molecule has 1 aliphatic rings. The Labute approximate surface area is 146 Å². The number of aryl methyl sites for hydroxylation is 2. The normalized spacial score (nSPS) is 18.7. The molecular formula is C18H23N5O2. The predicted molar refractivity (Wildman–Crippen MR) is 91.6 cm³/mol. The monoisotopic (exact) mass is 341 g/mol. The van der Waals surface area contributed by atoms with Crippen LogP contribution in [0.1, 0.15) is 37.4 Å². The van der Waals surface area contributed by atoms with Gasteiger partial charge in [-0.05, 0) is 37.9 Å². The van der Waals surface area contributed by atoms with Gasteiger partial charge in [0.05, 0.1) is 12.8 Å². The summed E-state index contributed by atoms with van der Waals surface area (Å²) in [6.07, 6.45) is 11.3. The Morgan fingerprint density at radius 3 is 3.08 bits per heavy atom. The van der Waals surface area contributed by atoms with Gasteiger partial charge < -0.3 is 13.5 Å². The fourth-order valence-electron chi connectivity index (χ4n) is 3.53. The minimum absolute atomic E-state index is 0.515. The number of hydrogen-bond acceptors (Lipinski definition) is 6. The second kappa shape index (κ2) is 7.23. The van der Waals surface area contributed by atoms with Gasteiger partial charge >= 0.3 is 0 Å². The van der Waals surface area contributed by atoms with E-state index in [1.807, 2.05) is 24.5 Å². The van der Waals surface area contributed by atoms with Crippen LogP contribution in [0.4, 0.5) is 0 Å². The second-order valence-corrected chi connectivity index (χ2v) is 6.60. The van der Waals surface area contributed by atoms with E-state index >= 15 is 0 Å². The van der Waals surface area contributed by atoms with E-state index in [0.29, 0.717) is 30.1 Å². The zero-order valence-electron chi connectivity index (χ0n) is 14.5. The highest BCUT2D eigenvalue weighted by Crippen LogP contribution is 2.24. The molecule has 0 aliphatic carbocycles. The highest BCUT2D eigenvalue weighted by Gasteiger charge is 2.25. The Morgan fingerprint density at radius 2 is 2.28 bits per heavy atom. The van der Waals surface area contributed by atoms with Gasteiger partial charge in [0.25, 0.3) is 0 Å². The number of furan rings is 1. The lowest BCUT2D eigenvalue weighted by Crippen LogP contribution is -2.39. The smallest absolute Gasteiger partial charge is 0.241 e. The summed E-state index contributed by atoms with van der Waals surface area (Å²) >= 11 is 0. The quantitative estimate of drug-likeness (QED) is 0.686. The van der Waals surface area contributed by atoms with E-state index in [2.05, 4.69) is 31.6 Å². The van der Waals surface area contributed by atoms with Crippen molar-refractivity contribution in [2.45, 2.75) is 44.7 Å². The zero-order valence-corrected chi connectivity index (χ0v) is 14.5. The SMILES string of the molecule is Cn1ccnc1CC[C@@H]1CCCCN1Cc1nc(-c2ccco2)no1. The van der Waals surface area contributed by atoms with Crippen LogP contribution in [0.15, 0.2) is 39.7 Å². The molecule has 1 aliphatic heterocycles. The summed E-state index contributed by atoms with van der Waals surface area (Å²) in [4.78, 5) is 11.4. The average molecular weight is 341 g/mol. The molecule has 0 amide bonds. The van der Waals surface area contributed by atoms with Crippen LogP contribution in [0, 0.1) is 0 Å². The predicted octanol–water partition coefficient (Wildman–Crippen LogP) is 3.05. The lowest BCUT2D eigenvalue weighted by atomic mass is 9.98. The maximum Gasteiger partial charge on any atom is 0.241 e. The van der Waals surface area contributed by atoms with Gasteiger partial charge in [0.15, 0.2) is 5.76 Å². The lowest BCUT2D eigenvalue weighted by molar-refractivity contribution is 0.116. The molecule has 0 aromatic carbocycles. The molecule has 1 saturated heterocycles. The molecule has 1 atom stereocenters. The fourth-order valence-corrected chi connectivity index (χ4v) is 3.53. The van der Waals surface area contributed by atoms with E-state index in [1.165, 1.54) is 19.3 Å². The van der Waals surface area contributed by atoms with E-state index in [9.17, 15) is 0 Å². The first-order valence-electron chi connectivity index (χ1n) is 8.86. The largest absolute Gasteiger partial charge is 0.461 e. The number of imidazole rings is 1. The van der Waals surface area contributed by atoms with E-state index in [1.54, 1.807) is 6.26 Å². The molecule has 4 rings (SSSR count). The van der Waals surface area contributed by atoms with Crippen molar-refractivity contribution in [3.63, 3.8) is 0 Å². The van der Waals surface area contributed by atoms with Crippen molar-refractivity contribution in [3.8, 4) is 11.6 Å². The molecule has 3 aromatic heterocycles. The minimum Gasteiger partial charge on any atom is -0.461 e. The third-order valence-electron chi connectivity index (χ3n) is 4.92. The molecule has 1 fully saturated rings. The molecular weight excluding hydrogens is 318 g/mol.